The van der Waals surface area contributed by atoms with Gasteiger partial charge in [-0.3, -0.25) is 9.59 Å². The Bertz CT molecular complexity index is 1000. The van der Waals surface area contributed by atoms with Crippen molar-refractivity contribution in [3.05, 3.63) is 71.3 Å². The van der Waals surface area contributed by atoms with Crippen LogP contribution in [0.5, 0.6) is 0 Å². The number of unbranched alkanes of at least 4 members (excludes halogenated alkanes) is 1. The van der Waals surface area contributed by atoms with Crippen molar-refractivity contribution in [2.75, 3.05) is 13.1 Å². The van der Waals surface area contributed by atoms with Crippen molar-refractivity contribution in [3.8, 4) is 0 Å². The van der Waals surface area contributed by atoms with E-state index >= 15 is 0 Å². The second-order valence-corrected chi connectivity index (χ2v) is 9.97. The summed E-state index contributed by atoms with van der Waals surface area (Å²) < 4.78 is 5.44. The Hall–Kier alpha value is -3.35. The molecule has 36 heavy (non-hydrogen) atoms. The number of nitrogens with zero attached hydrogens (tertiary/aromatic N) is 1. The van der Waals surface area contributed by atoms with Gasteiger partial charge in [-0.1, -0.05) is 73.5 Å². The lowest BCUT2D eigenvalue weighted by Gasteiger charge is -2.34. The monoisotopic (exact) mass is 495 g/mol. The van der Waals surface area contributed by atoms with Crippen molar-refractivity contribution in [2.45, 2.75) is 78.5 Å². The number of aryl methyl sites for hydroxylation is 1. The van der Waals surface area contributed by atoms with E-state index in [0.29, 0.717) is 13.1 Å². The molecule has 3 amide bonds. The predicted octanol–water partition coefficient (Wildman–Crippen LogP) is 4.94. The Labute approximate surface area is 215 Å². The highest BCUT2D eigenvalue weighted by molar-refractivity contribution is 5.92. The van der Waals surface area contributed by atoms with Crippen molar-refractivity contribution in [3.63, 3.8) is 0 Å². The van der Waals surface area contributed by atoms with Crippen molar-refractivity contribution in [1.29, 1.82) is 0 Å². The quantitative estimate of drug-likeness (QED) is 0.433. The number of amides is 3. The summed E-state index contributed by atoms with van der Waals surface area (Å²) in [6.07, 6.45) is 1.40. The van der Waals surface area contributed by atoms with Gasteiger partial charge in [0.1, 0.15) is 17.7 Å². The molecule has 7 nitrogen and oxygen atoms in total. The van der Waals surface area contributed by atoms with Crippen LogP contribution in [0.2, 0.25) is 0 Å². The van der Waals surface area contributed by atoms with Crippen molar-refractivity contribution < 1.29 is 19.1 Å². The summed E-state index contributed by atoms with van der Waals surface area (Å²) in [7, 11) is 0. The lowest BCUT2D eigenvalue weighted by atomic mass is 9.99. The van der Waals surface area contributed by atoms with Gasteiger partial charge in [-0.25, -0.2) is 4.79 Å². The minimum absolute atomic E-state index is 0.236. The van der Waals surface area contributed by atoms with E-state index in [0.717, 1.165) is 29.5 Å². The van der Waals surface area contributed by atoms with Gasteiger partial charge in [-0.15, -0.1) is 0 Å². The maximum absolute atomic E-state index is 14.0. The average molecular weight is 496 g/mol. The molecule has 2 rings (SSSR count). The maximum atomic E-state index is 14.0. The molecule has 0 aliphatic heterocycles. The Morgan fingerprint density at radius 3 is 2.28 bits per heavy atom. The number of alkyl carbamates (subject to hydrolysis) is 1. The fraction of sp³-hybridized carbons (Fsp3) is 0.483. The highest BCUT2D eigenvalue weighted by Crippen LogP contribution is 2.24. The minimum atomic E-state index is -0.905. The number of likely N-dealkylation sites (N-methyl/N-ethyl adjacent to an activating group) is 1. The largest absolute Gasteiger partial charge is 0.444 e. The standard InChI is InChI=1S/C29H41N3O4/c1-7-9-18-30-26(33)25(23-17-13-14-21(3)19-23)32(8-2)27(34)24(20-22-15-11-10-12-16-22)31-28(35)36-29(4,5)6/h10-17,19,24-25H,7-9,18,20H2,1-6H3,(H,30,33)(H,31,35). The van der Waals surface area contributed by atoms with Crippen LogP contribution in [0.15, 0.2) is 54.6 Å². The van der Waals surface area contributed by atoms with Crippen LogP contribution in [0, 0.1) is 6.92 Å². The van der Waals surface area contributed by atoms with Crippen LogP contribution < -0.4 is 10.6 Å². The van der Waals surface area contributed by atoms with Crippen LogP contribution in [-0.4, -0.2) is 47.5 Å². The number of carbonyl (C=O) groups excluding carboxylic acids is 3. The molecule has 7 heteroatoms. The van der Waals surface area contributed by atoms with E-state index in [4.69, 9.17) is 4.74 Å². The number of hydrogen-bond acceptors (Lipinski definition) is 4. The van der Waals surface area contributed by atoms with Gasteiger partial charge < -0.3 is 20.3 Å². The first-order valence-electron chi connectivity index (χ1n) is 12.7. The first-order valence-corrected chi connectivity index (χ1v) is 12.7. The average Bonchev–Trinajstić information content (AvgIpc) is 2.81. The highest BCUT2D eigenvalue weighted by atomic mass is 16.6. The second-order valence-electron chi connectivity index (χ2n) is 9.97. The third-order valence-corrected chi connectivity index (χ3v) is 5.64. The summed E-state index contributed by atoms with van der Waals surface area (Å²) in [6.45, 7) is 12.0. The molecular formula is C29H41N3O4. The van der Waals surface area contributed by atoms with Crippen LogP contribution in [0.1, 0.15) is 70.2 Å². The van der Waals surface area contributed by atoms with Gasteiger partial charge in [-0.2, -0.15) is 0 Å². The van der Waals surface area contributed by atoms with Crippen LogP contribution >= 0.6 is 0 Å². The zero-order valence-corrected chi connectivity index (χ0v) is 22.5. The van der Waals surface area contributed by atoms with E-state index in [1.54, 1.807) is 25.7 Å². The third-order valence-electron chi connectivity index (χ3n) is 5.64. The number of carbonyl (C=O) groups is 3. The van der Waals surface area contributed by atoms with Crippen LogP contribution in [0.25, 0.3) is 0 Å². The van der Waals surface area contributed by atoms with Gasteiger partial charge in [0, 0.05) is 19.5 Å². The first kappa shape index (κ1) is 28.9. The SMILES string of the molecule is CCCCNC(=O)C(c1cccc(C)c1)N(CC)C(=O)C(Cc1ccccc1)NC(=O)OC(C)(C)C. The highest BCUT2D eigenvalue weighted by Gasteiger charge is 2.35. The molecule has 0 heterocycles. The molecule has 0 bridgehead atoms. The summed E-state index contributed by atoms with van der Waals surface area (Å²) in [5.41, 5.74) is 1.91. The molecule has 2 atom stereocenters. The predicted molar refractivity (Wildman–Crippen MR) is 143 cm³/mol. The number of ether oxygens (including phenoxy) is 1. The lowest BCUT2D eigenvalue weighted by molar-refractivity contribution is -0.142. The van der Waals surface area contributed by atoms with E-state index in [-0.39, 0.29) is 18.2 Å². The minimum Gasteiger partial charge on any atom is -0.444 e. The lowest BCUT2D eigenvalue weighted by Crippen LogP contribution is -2.53. The molecule has 2 aromatic rings. The molecule has 0 saturated heterocycles. The van der Waals surface area contributed by atoms with Crippen LogP contribution in [0.3, 0.4) is 0 Å². The number of rotatable bonds is 11. The van der Waals surface area contributed by atoms with E-state index in [9.17, 15) is 14.4 Å². The Balaban J connectivity index is 2.42. The third kappa shape index (κ3) is 9.02. The van der Waals surface area contributed by atoms with Crippen molar-refractivity contribution in [2.24, 2.45) is 0 Å². The van der Waals surface area contributed by atoms with Crippen molar-refractivity contribution in [1.82, 2.24) is 15.5 Å². The molecule has 0 radical (unpaired) electrons. The molecule has 2 N–H and O–H groups in total. The van der Waals surface area contributed by atoms with Gasteiger partial charge in [0.25, 0.3) is 0 Å². The summed E-state index contributed by atoms with van der Waals surface area (Å²) in [6, 6.07) is 15.4. The zero-order valence-electron chi connectivity index (χ0n) is 22.5. The van der Waals surface area contributed by atoms with E-state index in [1.165, 1.54) is 0 Å². The molecule has 0 spiro atoms. The Kier molecular flexibility index (Phi) is 11.0. The van der Waals surface area contributed by atoms with E-state index in [1.807, 2.05) is 68.4 Å². The Morgan fingerprint density at radius 2 is 1.69 bits per heavy atom. The normalized spacial score (nSPS) is 12.8. The fourth-order valence-electron chi connectivity index (χ4n) is 3.96. The van der Waals surface area contributed by atoms with Crippen LogP contribution in [-0.2, 0) is 20.7 Å². The van der Waals surface area contributed by atoms with Gasteiger partial charge >= 0.3 is 6.09 Å². The molecule has 0 saturated carbocycles. The fourth-order valence-corrected chi connectivity index (χ4v) is 3.96. The molecule has 196 valence electrons. The van der Waals surface area contributed by atoms with Gasteiger partial charge in [0.2, 0.25) is 11.8 Å². The molecule has 0 aliphatic carbocycles. The summed E-state index contributed by atoms with van der Waals surface area (Å²) in [4.78, 5) is 41.6. The van der Waals surface area contributed by atoms with E-state index < -0.39 is 23.8 Å². The molecule has 2 aromatic carbocycles. The van der Waals surface area contributed by atoms with E-state index in [2.05, 4.69) is 17.6 Å². The topological polar surface area (TPSA) is 87.7 Å². The number of benzene rings is 2. The van der Waals surface area contributed by atoms with Gasteiger partial charge in [0.15, 0.2) is 0 Å². The molecule has 0 aromatic heterocycles. The summed E-state index contributed by atoms with van der Waals surface area (Å²) >= 11 is 0. The smallest absolute Gasteiger partial charge is 0.408 e. The van der Waals surface area contributed by atoms with Crippen molar-refractivity contribution >= 4 is 17.9 Å². The maximum Gasteiger partial charge on any atom is 0.408 e. The summed E-state index contributed by atoms with van der Waals surface area (Å²) in [5, 5.41) is 5.75. The van der Waals surface area contributed by atoms with Crippen LogP contribution in [0.4, 0.5) is 4.79 Å². The summed E-state index contributed by atoms with van der Waals surface area (Å²) in [5.74, 6) is -0.579. The molecule has 0 aliphatic rings. The van der Waals surface area contributed by atoms with Gasteiger partial charge in [-0.05, 0) is 52.2 Å². The number of hydrogen-bond donors (Lipinski definition) is 2. The Morgan fingerprint density at radius 1 is 1.00 bits per heavy atom. The molecule has 0 fully saturated rings. The molecular weight excluding hydrogens is 454 g/mol. The number of nitrogens with one attached hydrogen (secondary N) is 2. The second kappa shape index (κ2) is 13.7. The zero-order chi connectivity index (χ0) is 26.7. The van der Waals surface area contributed by atoms with Gasteiger partial charge in [0.05, 0.1) is 0 Å². The first-order chi connectivity index (χ1) is 17.1. The molecule has 2 unspecified atom stereocenters.